The van der Waals surface area contributed by atoms with E-state index in [1.165, 1.54) is 24.3 Å². The van der Waals surface area contributed by atoms with Crippen LogP contribution in [-0.2, 0) is 11.4 Å². The number of amides is 1. The van der Waals surface area contributed by atoms with E-state index in [0.717, 1.165) is 12.7 Å². The van der Waals surface area contributed by atoms with Crippen molar-refractivity contribution >= 4 is 68.8 Å². The number of halogens is 2. The third-order valence-corrected chi connectivity index (χ3v) is 5.87. The van der Waals surface area contributed by atoms with Crippen LogP contribution in [0.15, 0.2) is 72.3 Å². The van der Waals surface area contributed by atoms with Gasteiger partial charge < -0.3 is 15.2 Å². The number of anilines is 1. The number of ether oxygens (including phenoxy) is 1. The summed E-state index contributed by atoms with van der Waals surface area (Å²) in [5.74, 6) is -1.02. The lowest BCUT2D eigenvalue weighted by molar-refractivity contribution is -0.112. The van der Waals surface area contributed by atoms with E-state index in [0.29, 0.717) is 23.6 Å². The molecule has 160 valence electrons. The largest absolute Gasteiger partial charge is 0.488 e. The molecule has 0 aromatic heterocycles. The van der Waals surface area contributed by atoms with E-state index in [-0.39, 0.29) is 11.1 Å². The van der Waals surface area contributed by atoms with E-state index < -0.39 is 11.9 Å². The predicted octanol–water partition coefficient (Wildman–Crippen LogP) is 5.72. The van der Waals surface area contributed by atoms with Crippen molar-refractivity contribution in [2.75, 3.05) is 5.32 Å². The van der Waals surface area contributed by atoms with Crippen LogP contribution in [0.4, 0.5) is 5.69 Å². The predicted molar refractivity (Wildman–Crippen MR) is 138 cm³/mol. The number of carbonyl (C=O) groups excluding carboxylic acids is 1. The lowest BCUT2D eigenvalue weighted by atomic mass is 10.1. The second kappa shape index (κ2) is 11.1. The molecule has 0 fully saturated rings. The molecule has 3 aromatic rings. The van der Waals surface area contributed by atoms with Crippen LogP contribution in [0.1, 0.15) is 21.5 Å². The zero-order valence-electron chi connectivity index (χ0n) is 16.5. The zero-order valence-corrected chi connectivity index (χ0v) is 20.8. The van der Waals surface area contributed by atoms with Gasteiger partial charge in [0.1, 0.15) is 24.0 Å². The number of carboxylic acids is 1. The van der Waals surface area contributed by atoms with Gasteiger partial charge in [-0.3, -0.25) is 4.79 Å². The number of benzene rings is 3. The first-order valence-corrected chi connectivity index (χ1v) is 11.4. The molecular formula is C24H16I2N2O4. The molecule has 8 heteroatoms. The Balaban J connectivity index is 1.71. The summed E-state index contributed by atoms with van der Waals surface area (Å²) < 4.78 is 7.88. The molecule has 0 saturated heterocycles. The van der Waals surface area contributed by atoms with Crippen LogP contribution in [0.5, 0.6) is 5.75 Å². The molecule has 1 amide bonds. The average molecular weight is 650 g/mol. The van der Waals surface area contributed by atoms with Crippen molar-refractivity contribution in [2.45, 2.75) is 6.61 Å². The Morgan fingerprint density at radius 3 is 2.47 bits per heavy atom. The van der Waals surface area contributed by atoms with Crippen molar-refractivity contribution in [3.63, 3.8) is 0 Å². The second-order valence-electron chi connectivity index (χ2n) is 6.61. The first-order chi connectivity index (χ1) is 15.4. The van der Waals surface area contributed by atoms with E-state index in [9.17, 15) is 14.9 Å². The molecule has 2 N–H and O–H groups in total. The van der Waals surface area contributed by atoms with Gasteiger partial charge in [-0.1, -0.05) is 24.3 Å². The molecule has 0 heterocycles. The van der Waals surface area contributed by atoms with Crippen molar-refractivity contribution in [1.82, 2.24) is 0 Å². The maximum Gasteiger partial charge on any atom is 0.335 e. The molecule has 0 spiro atoms. The highest BCUT2D eigenvalue weighted by molar-refractivity contribution is 14.1. The number of rotatable bonds is 7. The Morgan fingerprint density at radius 2 is 1.81 bits per heavy atom. The number of carbonyl (C=O) groups is 2. The summed E-state index contributed by atoms with van der Waals surface area (Å²) in [5.41, 5.74) is 1.96. The number of nitrogens with one attached hydrogen (secondary N) is 1. The first-order valence-electron chi connectivity index (χ1n) is 9.29. The Labute approximate surface area is 212 Å². The van der Waals surface area contributed by atoms with Crippen molar-refractivity contribution in [3.05, 3.63) is 96.1 Å². The highest BCUT2D eigenvalue weighted by Gasteiger charge is 2.12. The van der Waals surface area contributed by atoms with Gasteiger partial charge in [0, 0.05) is 9.26 Å². The van der Waals surface area contributed by atoms with E-state index in [1.54, 1.807) is 18.2 Å². The molecule has 0 aliphatic heterocycles. The maximum atomic E-state index is 12.5. The lowest BCUT2D eigenvalue weighted by Gasteiger charge is -2.09. The van der Waals surface area contributed by atoms with Crippen molar-refractivity contribution in [1.29, 1.82) is 5.26 Å². The maximum absolute atomic E-state index is 12.5. The number of nitrogens with zero attached hydrogens (tertiary/aromatic N) is 1. The van der Waals surface area contributed by atoms with Crippen LogP contribution in [0.2, 0.25) is 0 Å². The van der Waals surface area contributed by atoms with Gasteiger partial charge in [0.25, 0.3) is 5.91 Å². The molecule has 3 rings (SSSR count). The fraction of sp³-hybridized carbons (Fsp3) is 0.0417. The molecule has 0 aliphatic carbocycles. The van der Waals surface area contributed by atoms with Crippen LogP contribution in [0.25, 0.3) is 6.08 Å². The standard InChI is InChI=1S/C24H16I2N2O4/c25-19-7-4-15(5-8-19)14-32-22-9-6-16(11-21(22)26)10-18(13-27)23(29)28-20-3-1-2-17(12-20)24(30)31/h1-12H,14H2,(H,28,29)(H,30,31)/b18-10-. The van der Waals surface area contributed by atoms with Crippen molar-refractivity contribution in [2.24, 2.45) is 0 Å². The van der Waals surface area contributed by atoms with E-state index >= 15 is 0 Å². The van der Waals surface area contributed by atoms with Gasteiger partial charge in [-0.25, -0.2) is 4.79 Å². The Hall–Kier alpha value is -2.91. The van der Waals surface area contributed by atoms with Gasteiger partial charge >= 0.3 is 5.97 Å². The van der Waals surface area contributed by atoms with E-state index in [1.807, 2.05) is 36.4 Å². The number of nitriles is 1. The summed E-state index contributed by atoms with van der Waals surface area (Å²) in [7, 11) is 0. The van der Waals surface area contributed by atoms with Gasteiger partial charge in [-0.05, 0) is 105 Å². The molecule has 6 nitrogen and oxygen atoms in total. The van der Waals surface area contributed by atoms with Crippen LogP contribution >= 0.6 is 45.2 Å². The van der Waals surface area contributed by atoms with Crippen molar-refractivity contribution < 1.29 is 19.4 Å². The molecular weight excluding hydrogens is 634 g/mol. The van der Waals surface area contributed by atoms with Gasteiger partial charge in [0.2, 0.25) is 0 Å². The molecule has 0 aliphatic rings. The monoisotopic (exact) mass is 650 g/mol. The van der Waals surface area contributed by atoms with Crippen LogP contribution in [0.3, 0.4) is 0 Å². The second-order valence-corrected chi connectivity index (χ2v) is 9.02. The Kier molecular flexibility index (Phi) is 8.24. The van der Waals surface area contributed by atoms with Gasteiger partial charge in [-0.15, -0.1) is 0 Å². The summed E-state index contributed by atoms with van der Waals surface area (Å²) >= 11 is 4.39. The van der Waals surface area contributed by atoms with Crippen molar-refractivity contribution in [3.8, 4) is 11.8 Å². The Bertz CT molecular complexity index is 1230. The molecule has 3 aromatic carbocycles. The van der Waals surface area contributed by atoms with Gasteiger partial charge in [-0.2, -0.15) is 5.26 Å². The smallest absolute Gasteiger partial charge is 0.335 e. The van der Waals surface area contributed by atoms with Gasteiger partial charge in [0.15, 0.2) is 0 Å². The average Bonchev–Trinajstić information content (AvgIpc) is 2.78. The highest BCUT2D eigenvalue weighted by Crippen LogP contribution is 2.25. The molecule has 0 saturated carbocycles. The molecule has 32 heavy (non-hydrogen) atoms. The summed E-state index contributed by atoms with van der Waals surface area (Å²) in [6, 6.07) is 21.2. The van der Waals surface area contributed by atoms with Crippen LogP contribution < -0.4 is 10.1 Å². The normalized spacial score (nSPS) is 10.8. The summed E-state index contributed by atoms with van der Waals surface area (Å²) in [5, 5.41) is 21.1. The number of carboxylic acid groups (broad SMARTS) is 1. The topological polar surface area (TPSA) is 99.4 Å². The summed E-state index contributed by atoms with van der Waals surface area (Å²) in [4.78, 5) is 23.6. The van der Waals surface area contributed by atoms with E-state index in [4.69, 9.17) is 9.84 Å². The van der Waals surface area contributed by atoms with Crippen LogP contribution in [0, 0.1) is 18.5 Å². The SMILES string of the molecule is N#C/C(=C/c1ccc(OCc2ccc(I)cc2)c(I)c1)C(=O)Nc1cccc(C(=O)O)c1. The fourth-order valence-corrected chi connectivity index (χ4v) is 3.76. The first kappa shape index (κ1) is 23.7. The minimum atomic E-state index is -1.10. The number of hydrogen-bond acceptors (Lipinski definition) is 4. The molecule has 0 atom stereocenters. The molecule has 0 unspecified atom stereocenters. The quantitative estimate of drug-likeness (QED) is 0.194. The lowest BCUT2D eigenvalue weighted by Crippen LogP contribution is -2.14. The zero-order chi connectivity index (χ0) is 23.1. The Morgan fingerprint density at radius 1 is 1.06 bits per heavy atom. The highest BCUT2D eigenvalue weighted by atomic mass is 127. The third-order valence-electron chi connectivity index (χ3n) is 4.31. The number of hydrogen-bond donors (Lipinski definition) is 2. The third kappa shape index (κ3) is 6.54. The minimum Gasteiger partial charge on any atom is -0.488 e. The molecule has 0 radical (unpaired) electrons. The van der Waals surface area contributed by atoms with E-state index in [2.05, 4.69) is 50.5 Å². The number of aromatic carboxylic acids is 1. The van der Waals surface area contributed by atoms with Gasteiger partial charge in [0.05, 0.1) is 9.13 Å². The molecule has 0 bridgehead atoms. The minimum absolute atomic E-state index is 0.0423. The summed E-state index contributed by atoms with van der Waals surface area (Å²) in [6.45, 7) is 0.434. The van der Waals surface area contributed by atoms with Crippen LogP contribution in [-0.4, -0.2) is 17.0 Å². The summed E-state index contributed by atoms with van der Waals surface area (Å²) in [6.07, 6.45) is 1.47. The fourth-order valence-electron chi connectivity index (χ4n) is 2.71.